The number of hydrogen-bond donors (Lipinski definition) is 2. The molecule has 0 saturated carbocycles. The van der Waals surface area contributed by atoms with Crippen molar-refractivity contribution in [3.8, 4) is 0 Å². The van der Waals surface area contributed by atoms with Crippen LogP contribution in [-0.2, 0) is 11.3 Å². The van der Waals surface area contributed by atoms with Gasteiger partial charge in [0.2, 0.25) is 0 Å². The number of nitrogens with one attached hydrogen (secondary N) is 2. The first kappa shape index (κ1) is 15.8. The Balaban J connectivity index is 1.75. The lowest BCUT2D eigenvalue weighted by Crippen LogP contribution is -2.48. The summed E-state index contributed by atoms with van der Waals surface area (Å²) in [6, 6.07) is 8.48. The molecule has 5 nitrogen and oxygen atoms in total. The normalized spacial score (nSPS) is 20.3. The number of benzene rings is 1. The molecule has 1 aliphatic rings. The molecule has 2 N–H and O–H groups in total. The molecule has 0 spiro atoms. The van der Waals surface area contributed by atoms with E-state index in [1.54, 1.807) is 7.05 Å². The highest BCUT2D eigenvalue weighted by Crippen LogP contribution is 2.03. The molecule has 2 rings (SSSR count). The minimum atomic E-state index is 0.223. The first-order valence-electron chi connectivity index (χ1n) is 7.47. The lowest BCUT2D eigenvalue weighted by atomic mass is 10.1. The minimum absolute atomic E-state index is 0.223. The molecule has 0 bridgehead atoms. The Labute approximate surface area is 127 Å². The monoisotopic (exact) mass is 290 g/mol. The number of aryl methyl sites for hydroxylation is 1. The first-order chi connectivity index (χ1) is 10.2. The second-order valence-corrected chi connectivity index (χ2v) is 5.55. The van der Waals surface area contributed by atoms with Crippen LogP contribution in [0, 0.1) is 6.92 Å². The molecule has 5 heteroatoms. The molecular formula is C16H26N4O. The summed E-state index contributed by atoms with van der Waals surface area (Å²) in [4.78, 5) is 6.54. The van der Waals surface area contributed by atoms with E-state index in [9.17, 15) is 0 Å². The standard InChI is InChI=1S/C16H26N4O/c1-13-5-4-6-14(9-13)10-18-16(17-2)19-11-15-12-20(3)7-8-21-15/h4-6,9,15H,7-8,10-12H2,1-3H3,(H2,17,18,19). The molecule has 1 saturated heterocycles. The van der Waals surface area contributed by atoms with Crippen molar-refractivity contribution < 1.29 is 4.74 Å². The summed E-state index contributed by atoms with van der Waals surface area (Å²) < 4.78 is 5.73. The molecular weight excluding hydrogens is 264 g/mol. The fraction of sp³-hybridized carbons (Fsp3) is 0.562. The maximum Gasteiger partial charge on any atom is 0.191 e. The number of morpholine rings is 1. The van der Waals surface area contributed by atoms with E-state index >= 15 is 0 Å². The molecule has 1 heterocycles. The van der Waals surface area contributed by atoms with Gasteiger partial charge in [0.25, 0.3) is 0 Å². The summed E-state index contributed by atoms with van der Waals surface area (Å²) in [5.41, 5.74) is 2.53. The van der Waals surface area contributed by atoms with Crippen LogP contribution in [0.5, 0.6) is 0 Å². The van der Waals surface area contributed by atoms with Crippen molar-refractivity contribution in [2.24, 2.45) is 4.99 Å². The zero-order valence-corrected chi connectivity index (χ0v) is 13.2. The third-order valence-corrected chi connectivity index (χ3v) is 3.61. The van der Waals surface area contributed by atoms with E-state index in [-0.39, 0.29) is 6.10 Å². The topological polar surface area (TPSA) is 48.9 Å². The zero-order valence-electron chi connectivity index (χ0n) is 13.2. The van der Waals surface area contributed by atoms with Gasteiger partial charge in [0.05, 0.1) is 12.7 Å². The Hall–Kier alpha value is -1.59. The van der Waals surface area contributed by atoms with Gasteiger partial charge in [-0.3, -0.25) is 4.99 Å². The Morgan fingerprint density at radius 1 is 1.43 bits per heavy atom. The van der Waals surface area contributed by atoms with E-state index in [4.69, 9.17) is 4.74 Å². The van der Waals surface area contributed by atoms with Gasteiger partial charge in [0, 0.05) is 33.2 Å². The fourth-order valence-electron chi connectivity index (χ4n) is 2.43. The second kappa shape index (κ2) is 8.00. The van der Waals surface area contributed by atoms with Gasteiger partial charge >= 0.3 is 0 Å². The van der Waals surface area contributed by atoms with Crippen molar-refractivity contribution in [3.05, 3.63) is 35.4 Å². The van der Waals surface area contributed by atoms with E-state index in [1.165, 1.54) is 11.1 Å². The molecule has 0 amide bonds. The van der Waals surface area contributed by atoms with Crippen molar-refractivity contribution in [1.82, 2.24) is 15.5 Å². The minimum Gasteiger partial charge on any atom is -0.374 e. The van der Waals surface area contributed by atoms with Crippen molar-refractivity contribution in [2.75, 3.05) is 40.3 Å². The molecule has 1 aromatic carbocycles. The average Bonchev–Trinajstić information content (AvgIpc) is 2.47. The zero-order chi connectivity index (χ0) is 15.1. The molecule has 0 aromatic heterocycles. The smallest absolute Gasteiger partial charge is 0.191 e. The molecule has 1 aliphatic heterocycles. The number of ether oxygens (including phenoxy) is 1. The van der Waals surface area contributed by atoms with Crippen LogP contribution in [0.1, 0.15) is 11.1 Å². The van der Waals surface area contributed by atoms with E-state index in [0.717, 1.165) is 38.7 Å². The summed E-state index contributed by atoms with van der Waals surface area (Å²) in [6.07, 6.45) is 0.223. The third-order valence-electron chi connectivity index (χ3n) is 3.61. The van der Waals surface area contributed by atoms with Crippen LogP contribution in [-0.4, -0.2) is 57.3 Å². The molecule has 1 unspecified atom stereocenters. The Kier molecular flexibility index (Phi) is 6.02. The second-order valence-electron chi connectivity index (χ2n) is 5.55. The summed E-state index contributed by atoms with van der Waals surface area (Å²) in [5, 5.41) is 6.67. The van der Waals surface area contributed by atoms with Crippen molar-refractivity contribution >= 4 is 5.96 Å². The van der Waals surface area contributed by atoms with Crippen LogP contribution in [0.15, 0.2) is 29.3 Å². The van der Waals surface area contributed by atoms with Crippen molar-refractivity contribution in [1.29, 1.82) is 0 Å². The summed E-state index contributed by atoms with van der Waals surface area (Å²) in [7, 11) is 3.92. The number of guanidine groups is 1. The average molecular weight is 290 g/mol. The highest BCUT2D eigenvalue weighted by Gasteiger charge is 2.17. The first-order valence-corrected chi connectivity index (χ1v) is 7.47. The molecule has 116 valence electrons. The van der Waals surface area contributed by atoms with Crippen LogP contribution in [0.3, 0.4) is 0 Å². The van der Waals surface area contributed by atoms with Crippen LogP contribution in [0.4, 0.5) is 0 Å². The molecule has 1 aromatic rings. The lowest BCUT2D eigenvalue weighted by Gasteiger charge is -2.30. The third kappa shape index (κ3) is 5.36. The Morgan fingerprint density at radius 2 is 2.29 bits per heavy atom. The predicted molar refractivity (Wildman–Crippen MR) is 86.6 cm³/mol. The number of nitrogens with zero attached hydrogens (tertiary/aromatic N) is 2. The lowest BCUT2D eigenvalue weighted by molar-refractivity contribution is -0.0161. The Morgan fingerprint density at radius 3 is 3.00 bits per heavy atom. The van der Waals surface area contributed by atoms with Gasteiger partial charge < -0.3 is 20.3 Å². The number of rotatable bonds is 4. The van der Waals surface area contributed by atoms with E-state index < -0.39 is 0 Å². The summed E-state index contributed by atoms with van der Waals surface area (Å²) >= 11 is 0. The van der Waals surface area contributed by atoms with Gasteiger partial charge in [-0.25, -0.2) is 0 Å². The fourth-order valence-corrected chi connectivity index (χ4v) is 2.43. The highest BCUT2D eigenvalue weighted by molar-refractivity contribution is 5.79. The predicted octanol–water partition coefficient (Wildman–Crippen LogP) is 0.991. The van der Waals surface area contributed by atoms with Gasteiger partial charge in [-0.15, -0.1) is 0 Å². The maximum absolute atomic E-state index is 5.73. The molecule has 0 aliphatic carbocycles. The van der Waals surface area contributed by atoms with Crippen LogP contribution in [0.25, 0.3) is 0 Å². The van der Waals surface area contributed by atoms with Gasteiger partial charge in [-0.05, 0) is 19.5 Å². The van der Waals surface area contributed by atoms with Gasteiger partial charge in [0.15, 0.2) is 5.96 Å². The summed E-state index contributed by atoms with van der Waals surface area (Å²) in [6.45, 7) is 6.43. The molecule has 0 radical (unpaired) electrons. The van der Waals surface area contributed by atoms with E-state index in [2.05, 4.69) is 58.8 Å². The highest BCUT2D eigenvalue weighted by atomic mass is 16.5. The van der Waals surface area contributed by atoms with E-state index in [1.807, 2.05) is 0 Å². The maximum atomic E-state index is 5.73. The van der Waals surface area contributed by atoms with Crippen molar-refractivity contribution in [2.45, 2.75) is 19.6 Å². The SMILES string of the molecule is CN=C(NCc1cccc(C)c1)NCC1CN(C)CCO1. The van der Waals surface area contributed by atoms with Crippen LogP contribution < -0.4 is 10.6 Å². The molecule has 1 fully saturated rings. The van der Waals surface area contributed by atoms with E-state index in [0.29, 0.717) is 0 Å². The van der Waals surface area contributed by atoms with Gasteiger partial charge in [-0.1, -0.05) is 29.8 Å². The number of aliphatic imine (C=N–C) groups is 1. The summed E-state index contributed by atoms with van der Waals surface area (Å²) in [5.74, 6) is 0.813. The van der Waals surface area contributed by atoms with Gasteiger partial charge in [0.1, 0.15) is 0 Å². The van der Waals surface area contributed by atoms with Crippen LogP contribution >= 0.6 is 0 Å². The Bertz CT molecular complexity index is 475. The number of hydrogen-bond acceptors (Lipinski definition) is 3. The van der Waals surface area contributed by atoms with Crippen molar-refractivity contribution in [3.63, 3.8) is 0 Å². The molecule has 1 atom stereocenters. The van der Waals surface area contributed by atoms with Gasteiger partial charge in [-0.2, -0.15) is 0 Å². The van der Waals surface area contributed by atoms with Crippen LogP contribution in [0.2, 0.25) is 0 Å². The molecule has 21 heavy (non-hydrogen) atoms. The number of likely N-dealkylation sites (N-methyl/N-ethyl adjacent to an activating group) is 1. The quantitative estimate of drug-likeness (QED) is 0.641. The largest absolute Gasteiger partial charge is 0.374 e.